The smallest absolute Gasteiger partial charge is 0.223 e. The van der Waals surface area contributed by atoms with Gasteiger partial charge in [-0.3, -0.25) is 9.69 Å². The van der Waals surface area contributed by atoms with Crippen LogP contribution in [0.3, 0.4) is 0 Å². The summed E-state index contributed by atoms with van der Waals surface area (Å²) in [5.41, 5.74) is 1.36. The van der Waals surface area contributed by atoms with Crippen LogP contribution in [0.1, 0.15) is 37.3 Å². The van der Waals surface area contributed by atoms with Gasteiger partial charge >= 0.3 is 0 Å². The van der Waals surface area contributed by atoms with Gasteiger partial charge in [-0.25, -0.2) is 0 Å². The summed E-state index contributed by atoms with van der Waals surface area (Å²) < 4.78 is 0. The Labute approximate surface area is 112 Å². The van der Waals surface area contributed by atoms with Crippen molar-refractivity contribution in [3.63, 3.8) is 0 Å². The third kappa shape index (κ3) is 2.75. The van der Waals surface area contributed by atoms with Gasteiger partial charge in [-0.1, -0.05) is 0 Å². The molecule has 0 bridgehead atoms. The molecule has 1 amide bonds. The van der Waals surface area contributed by atoms with E-state index in [1.54, 1.807) is 11.3 Å². The fraction of sp³-hybridized carbons (Fsp3) is 0.643. The number of amides is 1. The Kier molecular flexibility index (Phi) is 3.66. The number of nitrogens with one attached hydrogen (secondary N) is 1. The molecule has 1 unspecified atom stereocenters. The van der Waals surface area contributed by atoms with Crippen LogP contribution in [-0.4, -0.2) is 30.4 Å². The van der Waals surface area contributed by atoms with Crippen molar-refractivity contribution in [2.45, 2.75) is 31.7 Å². The molecule has 1 atom stereocenters. The second-order valence-electron chi connectivity index (χ2n) is 5.33. The molecule has 1 N–H and O–H groups in total. The summed E-state index contributed by atoms with van der Waals surface area (Å²) in [5, 5.41) is 7.47. The minimum atomic E-state index is 0.259. The molecule has 2 aliphatic rings. The predicted octanol–water partition coefficient (Wildman–Crippen LogP) is 2.41. The van der Waals surface area contributed by atoms with E-state index in [9.17, 15) is 4.79 Å². The van der Waals surface area contributed by atoms with Gasteiger partial charge in [0.15, 0.2) is 0 Å². The fourth-order valence-corrected chi connectivity index (χ4v) is 3.37. The number of thiophene rings is 1. The molecular formula is C14H20N2OS. The lowest BCUT2D eigenvalue weighted by atomic mass is 10.1. The highest BCUT2D eigenvalue weighted by Gasteiger charge is 2.31. The Hall–Kier alpha value is -0.870. The zero-order valence-corrected chi connectivity index (χ0v) is 11.4. The molecule has 2 heterocycles. The van der Waals surface area contributed by atoms with E-state index in [2.05, 4.69) is 27.0 Å². The second kappa shape index (κ2) is 5.41. The van der Waals surface area contributed by atoms with E-state index in [1.807, 2.05) is 0 Å². The van der Waals surface area contributed by atoms with Crippen LogP contribution in [-0.2, 0) is 4.79 Å². The maximum atomic E-state index is 11.8. The number of hydrogen-bond acceptors (Lipinski definition) is 3. The summed E-state index contributed by atoms with van der Waals surface area (Å²) in [6.45, 7) is 3.10. The average Bonchev–Trinajstić information content (AvgIpc) is 2.89. The highest BCUT2D eigenvalue weighted by molar-refractivity contribution is 7.07. The van der Waals surface area contributed by atoms with Crippen molar-refractivity contribution < 1.29 is 4.79 Å². The molecule has 1 saturated carbocycles. The van der Waals surface area contributed by atoms with E-state index in [4.69, 9.17) is 0 Å². The molecule has 2 fully saturated rings. The van der Waals surface area contributed by atoms with Gasteiger partial charge in [-0.15, -0.1) is 0 Å². The van der Waals surface area contributed by atoms with Crippen molar-refractivity contribution in [1.82, 2.24) is 10.2 Å². The predicted molar refractivity (Wildman–Crippen MR) is 73.6 cm³/mol. The summed E-state index contributed by atoms with van der Waals surface area (Å²) >= 11 is 1.74. The summed E-state index contributed by atoms with van der Waals surface area (Å²) in [6.07, 6.45) is 4.74. The molecule has 1 aromatic rings. The van der Waals surface area contributed by atoms with Crippen molar-refractivity contribution in [3.8, 4) is 0 Å². The number of hydrogen-bond donors (Lipinski definition) is 1. The largest absolute Gasteiger partial charge is 0.354 e. The topological polar surface area (TPSA) is 32.3 Å². The van der Waals surface area contributed by atoms with Crippen LogP contribution in [0, 0.1) is 5.92 Å². The van der Waals surface area contributed by atoms with Crippen molar-refractivity contribution in [3.05, 3.63) is 22.4 Å². The normalized spacial score (nSPS) is 22.0. The number of likely N-dealkylation sites (tertiary alicyclic amines) is 1. The fourth-order valence-electron chi connectivity index (χ4n) is 2.66. The number of carbonyl (C=O) groups is 1. The van der Waals surface area contributed by atoms with Crippen LogP contribution < -0.4 is 5.32 Å². The summed E-state index contributed by atoms with van der Waals surface area (Å²) in [7, 11) is 0. The molecule has 0 aromatic carbocycles. The third-order valence-electron chi connectivity index (χ3n) is 3.93. The van der Waals surface area contributed by atoms with Crippen molar-refractivity contribution in [2.75, 3.05) is 19.6 Å². The third-order valence-corrected chi connectivity index (χ3v) is 4.63. The van der Waals surface area contributed by atoms with E-state index in [1.165, 1.54) is 31.5 Å². The van der Waals surface area contributed by atoms with Gasteiger partial charge in [-0.05, 0) is 61.2 Å². The molecule has 0 radical (unpaired) electrons. The van der Waals surface area contributed by atoms with Crippen molar-refractivity contribution in [2.24, 2.45) is 5.92 Å². The molecule has 1 aliphatic carbocycles. The minimum absolute atomic E-state index is 0.259. The Morgan fingerprint density at radius 1 is 1.44 bits per heavy atom. The van der Waals surface area contributed by atoms with Crippen LogP contribution in [0.5, 0.6) is 0 Å². The maximum Gasteiger partial charge on any atom is 0.223 e. The molecule has 3 nitrogen and oxygen atoms in total. The van der Waals surface area contributed by atoms with Crippen LogP contribution in [0.15, 0.2) is 16.8 Å². The first-order valence-corrected chi connectivity index (χ1v) is 7.83. The lowest BCUT2D eigenvalue weighted by Crippen LogP contribution is -2.37. The van der Waals surface area contributed by atoms with E-state index in [-0.39, 0.29) is 5.91 Å². The van der Waals surface area contributed by atoms with Crippen molar-refractivity contribution in [1.29, 1.82) is 0 Å². The summed E-state index contributed by atoms with van der Waals surface area (Å²) in [5.74, 6) is 0.570. The highest BCUT2D eigenvalue weighted by Crippen LogP contribution is 2.30. The van der Waals surface area contributed by atoms with E-state index in [0.29, 0.717) is 12.0 Å². The monoisotopic (exact) mass is 264 g/mol. The molecule has 18 heavy (non-hydrogen) atoms. The van der Waals surface area contributed by atoms with Gasteiger partial charge in [-0.2, -0.15) is 11.3 Å². The Morgan fingerprint density at radius 2 is 2.22 bits per heavy atom. The molecule has 0 spiro atoms. The van der Waals surface area contributed by atoms with Crippen molar-refractivity contribution >= 4 is 17.2 Å². The first kappa shape index (κ1) is 12.2. The molecular weight excluding hydrogens is 244 g/mol. The first-order valence-electron chi connectivity index (χ1n) is 6.88. The van der Waals surface area contributed by atoms with Gasteiger partial charge in [0.05, 0.1) is 6.04 Å². The molecule has 4 heteroatoms. The first-order chi connectivity index (χ1) is 8.84. The Balaban J connectivity index is 1.63. The van der Waals surface area contributed by atoms with Crippen LogP contribution in [0.4, 0.5) is 0 Å². The van der Waals surface area contributed by atoms with Gasteiger partial charge in [0.25, 0.3) is 0 Å². The molecule has 1 aromatic heterocycles. The Bertz CT molecular complexity index is 394. The number of rotatable bonds is 5. The second-order valence-corrected chi connectivity index (χ2v) is 6.12. The van der Waals surface area contributed by atoms with Crippen LogP contribution in [0.2, 0.25) is 0 Å². The zero-order valence-electron chi connectivity index (χ0n) is 10.6. The standard InChI is InChI=1S/C14H20N2OS/c17-14(11-3-4-11)15-9-13(12-5-8-18-10-12)16-6-1-2-7-16/h5,8,10-11,13H,1-4,6-7,9H2,(H,15,17). The summed E-state index contributed by atoms with van der Waals surface area (Å²) in [4.78, 5) is 14.3. The molecule has 1 aliphatic heterocycles. The average molecular weight is 264 g/mol. The number of carbonyl (C=O) groups excluding carboxylic acids is 1. The quantitative estimate of drug-likeness (QED) is 0.886. The molecule has 1 saturated heterocycles. The van der Waals surface area contributed by atoms with E-state index < -0.39 is 0 Å². The lowest BCUT2D eigenvalue weighted by molar-refractivity contribution is -0.122. The van der Waals surface area contributed by atoms with Gasteiger partial charge in [0.2, 0.25) is 5.91 Å². The Morgan fingerprint density at radius 3 is 2.83 bits per heavy atom. The minimum Gasteiger partial charge on any atom is -0.354 e. The molecule has 3 rings (SSSR count). The summed E-state index contributed by atoms with van der Waals surface area (Å²) in [6, 6.07) is 2.57. The van der Waals surface area contributed by atoms with E-state index in [0.717, 1.165) is 19.4 Å². The van der Waals surface area contributed by atoms with Crippen LogP contribution in [0.25, 0.3) is 0 Å². The maximum absolute atomic E-state index is 11.8. The van der Waals surface area contributed by atoms with Gasteiger partial charge < -0.3 is 5.32 Å². The van der Waals surface area contributed by atoms with E-state index >= 15 is 0 Å². The van der Waals surface area contributed by atoms with Gasteiger partial charge in [0, 0.05) is 12.5 Å². The van der Waals surface area contributed by atoms with Gasteiger partial charge in [0.1, 0.15) is 0 Å². The molecule has 98 valence electrons. The highest BCUT2D eigenvalue weighted by atomic mass is 32.1. The SMILES string of the molecule is O=C(NCC(c1ccsc1)N1CCCC1)C1CC1. The zero-order chi connectivity index (χ0) is 12.4. The lowest BCUT2D eigenvalue weighted by Gasteiger charge is -2.27. The number of nitrogens with zero attached hydrogens (tertiary/aromatic N) is 1. The van der Waals surface area contributed by atoms with Crippen LogP contribution >= 0.6 is 11.3 Å².